The average molecular weight is 980 g/mol. The second kappa shape index (κ2) is 25.3. The Morgan fingerprint density at radius 1 is 0.618 bits per heavy atom. The van der Waals surface area contributed by atoms with Gasteiger partial charge in [-0.05, 0) is 59.7 Å². The highest BCUT2D eigenvalue weighted by molar-refractivity contribution is 7.80. The van der Waals surface area contributed by atoms with E-state index in [1.54, 1.807) is 4.90 Å². The molecule has 4 aliphatic heterocycles. The predicted octanol–water partition coefficient (Wildman–Crippen LogP) is 5.32. The molecule has 0 spiro atoms. The Morgan fingerprint density at radius 2 is 1.00 bits per heavy atom. The van der Waals surface area contributed by atoms with E-state index in [0.717, 1.165) is 41.3 Å². The number of hydrogen-bond donors (Lipinski definition) is 2. The van der Waals surface area contributed by atoms with Gasteiger partial charge in [-0.25, -0.2) is 18.4 Å². The van der Waals surface area contributed by atoms with E-state index >= 15 is 0 Å². The van der Waals surface area contributed by atoms with Crippen LogP contribution in [0.3, 0.4) is 0 Å². The molecule has 0 aromatic heterocycles. The number of cyclic esters (lactones) is 2. The number of hydrogen-bond acceptors (Lipinski definition) is 12. The molecule has 20 heteroatoms. The summed E-state index contributed by atoms with van der Waals surface area (Å²) in [4.78, 5) is 59.7. The molecule has 4 saturated heterocycles. The van der Waals surface area contributed by atoms with E-state index in [1.807, 2.05) is 119 Å². The van der Waals surface area contributed by atoms with Crippen molar-refractivity contribution in [1.82, 2.24) is 15.1 Å². The standard InChI is InChI=1S/C25H28F2N4O4S.C23H28N4O4.ClH/c26-23(27)24(36)28-14-21-15-31(25(33)35-21)20-8-6-19(7-9-20)29-10-12-30(13-11-29)22(32)17-34-16-18-4-2-1-3-5-18;24-14-21-15-27(23(29)31-21)20-8-6-19(7-9-20)25-10-12-26(13-11-25)22(28)17-30-16-18-4-2-1-3-5-18;/h1-9,21,23H,10-17H2,(H,28,36);1-9,21H,10-17,24H2;1H/t2*21-;/m00./s1. The number of thiocarbonyl (C=S) groups is 1. The summed E-state index contributed by atoms with van der Waals surface area (Å²) >= 11 is 4.55. The van der Waals surface area contributed by atoms with Crippen LogP contribution >= 0.6 is 24.6 Å². The van der Waals surface area contributed by atoms with Crippen LogP contribution in [0.2, 0.25) is 0 Å². The zero-order valence-electron chi connectivity index (χ0n) is 37.5. The summed E-state index contributed by atoms with van der Waals surface area (Å²) in [5.41, 5.74) is 11.2. The molecule has 2 atom stereocenters. The Kier molecular flexibility index (Phi) is 19.1. The summed E-state index contributed by atoms with van der Waals surface area (Å²) in [7, 11) is 0. The number of alkyl halides is 2. The third-order valence-corrected chi connectivity index (χ3v) is 12.0. The number of nitrogens with one attached hydrogen (secondary N) is 1. The van der Waals surface area contributed by atoms with Gasteiger partial charge >= 0.3 is 12.2 Å². The molecule has 3 N–H and O–H groups in total. The molecular formula is C48H57ClF2N8O8S. The molecule has 4 aromatic carbocycles. The van der Waals surface area contributed by atoms with Crippen LogP contribution in [0.5, 0.6) is 0 Å². The first-order chi connectivity index (χ1) is 32.5. The highest BCUT2D eigenvalue weighted by Crippen LogP contribution is 2.27. The van der Waals surface area contributed by atoms with Crippen molar-refractivity contribution in [3.63, 3.8) is 0 Å². The molecule has 0 unspecified atom stereocenters. The zero-order valence-corrected chi connectivity index (χ0v) is 39.2. The van der Waals surface area contributed by atoms with E-state index in [0.29, 0.717) is 71.3 Å². The number of halogens is 3. The smallest absolute Gasteiger partial charge is 0.414 e. The van der Waals surface area contributed by atoms with Gasteiger partial charge in [0.25, 0.3) is 6.43 Å². The van der Waals surface area contributed by atoms with Gasteiger partial charge in [0.2, 0.25) is 11.8 Å². The zero-order chi connectivity index (χ0) is 47.1. The van der Waals surface area contributed by atoms with Crippen LogP contribution < -0.4 is 30.7 Å². The molecule has 4 fully saturated rings. The van der Waals surface area contributed by atoms with Gasteiger partial charge in [-0.2, -0.15) is 0 Å². The van der Waals surface area contributed by atoms with Crippen LogP contribution in [-0.4, -0.2) is 149 Å². The summed E-state index contributed by atoms with van der Waals surface area (Å²) in [5, 5.41) is 2.43. The van der Waals surface area contributed by atoms with Crippen molar-refractivity contribution in [2.24, 2.45) is 5.73 Å². The van der Waals surface area contributed by atoms with E-state index in [2.05, 4.69) is 27.3 Å². The molecule has 0 radical (unpaired) electrons. The minimum absolute atomic E-state index is 0. The summed E-state index contributed by atoms with van der Waals surface area (Å²) in [6.07, 6.45) is -4.46. The average Bonchev–Trinajstić information content (AvgIpc) is 3.95. The number of nitrogens with two attached hydrogens (primary N) is 1. The largest absolute Gasteiger partial charge is 0.443 e. The lowest BCUT2D eigenvalue weighted by Gasteiger charge is -2.36. The number of nitrogens with zero attached hydrogens (tertiary/aromatic N) is 6. The fraction of sp³-hybridized carbons (Fsp3) is 0.396. The lowest BCUT2D eigenvalue weighted by Crippen LogP contribution is -2.49. The first kappa shape index (κ1) is 51.3. The number of benzene rings is 4. The lowest BCUT2D eigenvalue weighted by molar-refractivity contribution is -0.137. The van der Waals surface area contributed by atoms with Crippen LogP contribution in [0.1, 0.15) is 11.1 Å². The Labute approximate surface area is 406 Å². The van der Waals surface area contributed by atoms with Crippen molar-refractivity contribution < 1.29 is 46.9 Å². The highest BCUT2D eigenvalue weighted by Gasteiger charge is 2.34. The molecule has 0 bridgehead atoms. The molecule has 0 saturated carbocycles. The van der Waals surface area contributed by atoms with Crippen molar-refractivity contribution in [2.75, 3.05) is 111 Å². The van der Waals surface area contributed by atoms with E-state index < -0.39 is 23.6 Å². The number of anilines is 4. The molecule has 4 aliphatic rings. The molecule has 4 amide bonds. The quantitative estimate of drug-likeness (QED) is 0.139. The maximum Gasteiger partial charge on any atom is 0.414 e. The number of ether oxygens (including phenoxy) is 4. The predicted molar refractivity (Wildman–Crippen MR) is 261 cm³/mol. The maximum atomic E-state index is 12.5. The van der Waals surface area contributed by atoms with Crippen LogP contribution in [-0.2, 0) is 41.8 Å². The molecule has 8 rings (SSSR count). The van der Waals surface area contributed by atoms with Crippen LogP contribution in [0.15, 0.2) is 109 Å². The molecular weight excluding hydrogens is 922 g/mol. The van der Waals surface area contributed by atoms with Gasteiger partial charge in [0.05, 0.1) is 32.8 Å². The van der Waals surface area contributed by atoms with E-state index in [4.69, 9.17) is 24.7 Å². The first-order valence-electron chi connectivity index (χ1n) is 22.3. The van der Waals surface area contributed by atoms with Gasteiger partial charge in [0, 0.05) is 81.7 Å². The molecule has 16 nitrogen and oxygen atoms in total. The van der Waals surface area contributed by atoms with E-state index in [-0.39, 0.29) is 62.7 Å². The third-order valence-electron chi connectivity index (χ3n) is 11.7. The summed E-state index contributed by atoms with van der Waals surface area (Å²) in [5.74, 6) is -0.000219. The number of piperazine rings is 2. The van der Waals surface area contributed by atoms with Crippen molar-refractivity contribution in [3.8, 4) is 0 Å². The first-order valence-corrected chi connectivity index (χ1v) is 22.7. The highest BCUT2D eigenvalue weighted by atomic mass is 35.5. The van der Waals surface area contributed by atoms with Gasteiger partial charge in [0.15, 0.2) is 0 Å². The second-order valence-corrected chi connectivity index (χ2v) is 16.7. The lowest BCUT2D eigenvalue weighted by atomic mass is 10.2. The molecule has 364 valence electrons. The summed E-state index contributed by atoms with van der Waals surface area (Å²) in [6, 6.07) is 34.9. The van der Waals surface area contributed by atoms with Crippen LogP contribution in [0, 0.1) is 0 Å². The summed E-state index contributed by atoms with van der Waals surface area (Å²) < 4.78 is 46.7. The van der Waals surface area contributed by atoms with Gasteiger partial charge in [-0.3, -0.25) is 19.4 Å². The fourth-order valence-electron chi connectivity index (χ4n) is 7.94. The Balaban J connectivity index is 0.000000223. The van der Waals surface area contributed by atoms with Gasteiger partial charge in [-0.1, -0.05) is 72.9 Å². The molecule has 0 aliphatic carbocycles. The van der Waals surface area contributed by atoms with Crippen molar-refractivity contribution >= 4 is 76.4 Å². The number of amides is 4. The van der Waals surface area contributed by atoms with Crippen molar-refractivity contribution in [1.29, 1.82) is 0 Å². The second-order valence-electron chi connectivity index (χ2n) is 16.2. The number of rotatable bonds is 16. The molecule has 4 aromatic rings. The van der Waals surface area contributed by atoms with Gasteiger partial charge in [-0.15, -0.1) is 12.4 Å². The Bertz CT molecular complexity index is 2260. The number of carbonyl (C=O) groups is 4. The molecule has 68 heavy (non-hydrogen) atoms. The minimum atomic E-state index is -2.74. The maximum absolute atomic E-state index is 12.5. The summed E-state index contributed by atoms with van der Waals surface area (Å²) in [6.45, 7) is 7.47. The van der Waals surface area contributed by atoms with Gasteiger partial charge < -0.3 is 49.6 Å². The topological polar surface area (TPSA) is 163 Å². The normalized spacial score (nSPS) is 18.1. The van der Waals surface area contributed by atoms with E-state index in [1.165, 1.54) is 4.90 Å². The minimum Gasteiger partial charge on any atom is -0.443 e. The SMILES string of the molecule is Cl.NC[C@H]1CN(c2ccc(N3CCN(C(=O)COCc4ccccc4)CC3)cc2)C(=O)O1.O=C(COCc1ccccc1)N1CCN(c2ccc(N3C[C@H](CNC(=S)C(F)F)OC3=O)cc2)CC1. The Hall–Kier alpha value is -6.12. The molecule has 4 heterocycles. The number of carbonyl (C=O) groups excluding carboxylic acids is 4. The fourth-order valence-corrected chi connectivity index (χ4v) is 8.03. The van der Waals surface area contributed by atoms with Crippen LogP contribution in [0.25, 0.3) is 0 Å². The van der Waals surface area contributed by atoms with Gasteiger partial charge in [0.1, 0.15) is 30.4 Å². The Morgan fingerprint density at radius 3 is 1.38 bits per heavy atom. The van der Waals surface area contributed by atoms with Crippen molar-refractivity contribution in [2.45, 2.75) is 31.8 Å². The monoisotopic (exact) mass is 978 g/mol. The van der Waals surface area contributed by atoms with Crippen LogP contribution in [0.4, 0.5) is 41.1 Å². The van der Waals surface area contributed by atoms with E-state index in [9.17, 15) is 28.0 Å². The third kappa shape index (κ3) is 14.2. The van der Waals surface area contributed by atoms with Crippen molar-refractivity contribution in [3.05, 3.63) is 120 Å².